The summed E-state index contributed by atoms with van der Waals surface area (Å²) < 4.78 is 2.07. The summed E-state index contributed by atoms with van der Waals surface area (Å²) in [6.45, 7) is 4.27. The Morgan fingerprint density at radius 1 is 1.56 bits per heavy atom. The molecule has 1 aromatic rings. The Balaban J connectivity index is 2.14. The summed E-state index contributed by atoms with van der Waals surface area (Å²) in [5, 5.41) is 3.47. The number of hydrogen-bond donors (Lipinski definition) is 1. The second kappa shape index (κ2) is 7.69. The molecule has 1 aromatic heterocycles. The quantitative estimate of drug-likeness (QED) is 0.561. The molecule has 0 saturated heterocycles. The van der Waals surface area contributed by atoms with E-state index >= 15 is 0 Å². The largest absolute Gasteiger partial charge is 0.338 e. The van der Waals surface area contributed by atoms with Crippen molar-refractivity contribution in [2.24, 2.45) is 13.0 Å². The van der Waals surface area contributed by atoms with Gasteiger partial charge in [-0.25, -0.2) is 4.98 Å². The number of nitrogens with zero attached hydrogens (tertiary/aromatic N) is 2. The van der Waals surface area contributed by atoms with E-state index in [0.717, 1.165) is 37.6 Å². The van der Waals surface area contributed by atoms with Gasteiger partial charge in [0.1, 0.15) is 5.82 Å². The summed E-state index contributed by atoms with van der Waals surface area (Å²) in [5.74, 6) is 2.61. The van der Waals surface area contributed by atoms with Gasteiger partial charge >= 0.3 is 0 Å². The van der Waals surface area contributed by atoms with Crippen molar-refractivity contribution in [3.05, 3.63) is 18.2 Å². The van der Waals surface area contributed by atoms with Crippen molar-refractivity contribution in [3.8, 4) is 0 Å². The van der Waals surface area contributed by atoms with Crippen LogP contribution in [0.2, 0.25) is 0 Å². The molecule has 0 radical (unpaired) electrons. The Morgan fingerprint density at radius 3 is 2.94 bits per heavy atom. The zero-order chi connectivity index (χ0) is 11.8. The number of imidazole rings is 1. The van der Waals surface area contributed by atoms with E-state index in [9.17, 15) is 0 Å². The summed E-state index contributed by atoms with van der Waals surface area (Å²) >= 11 is 5.75. The van der Waals surface area contributed by atoms with Crippen LogP contribution in [0, 0.1) is 5.92 Å². The van der Waals surface area contributed by atoms with Crippen LogP contribution in [0.15, 0.2) is 12.4 Å². The summed E-state index contributed by atoms with van der Waals surface area (Å²) in [7, 11) is 2.03. The monoisotopic (exact) mass is 243 g/mol. The molecule has 1 heterocycles. The zero-order valence-corrected chi connectivity index (χ0v) is 11.0. The van der Waals surface area contributed by atoms with Crippen LogP contribution >= 0.6 is 11.6 Å². The van der Waals surface area contributed by atoms with Gasteiger partial charge in [0.15, 0.2) is 0 Å². The number of aryl methyl sites for hydroxylation is 1. The molecule has 0 fully saturated rings. The normalized spacial score (nSPS) is 12.9. The van der Waals surface area contributed by atoms with E-state index in [1.54, 1.807) is 0 Å². The Hall–Kier alpha value is -0.540. The summed E-state index contributed by atoms with van der Waals surface area (Å²) in [4.78, 5) is 4.29. The van der Waals surface area contributed by atoms with Crippen molar-refractivity contribution in [1.82, 2.24) is 14.9 Å². The molecule has 0 amide bonds. The SMILES string of the molecule is CCC(CCCl)CNCCc1nccn1C. The maximum Gasteiger partial charge on any atom is 0.109 e. The Bertz CT molecular complexity index is 286. The van der Waals surface area contributed by atoms with Gasteiger partial charge in [-0.3, -0.25) is 0 Å². The van der Waals surface area contributed by atoms with E-state index in [4.69, 9.17) is 11.6 Å². The van der Waals surface area contributed by atoms with Crippen LogP contribution in [0.5, 0.6) is 0 Å². The van der Waals surface area contributed by atoms with Crippen molar-refractivity contribution in [2.45, 2.75) is 26.2 Å². The highest BCUT2D eigenvalue weighted by molar-refractivity contribution is 6.17. The molecule has 0 aliphatic heterocycles. The minimum absolute atomic E-state index is 0.707. The molecule has 92 valence electrons. The lowest BCUT2D eigenvalue weighted by molar-refractivity contribution is 0.452. The number of alkyl halides is 1. The van der Waals surface area contributed by atoms with Crippen LogP contribution in [0.3, 0.4) is 0 Å². The van der Waals surface area contributed by atoms with Crippen molar-refractivity contribution >= 4 is 11.6 Å². The highest BCUT2D eigenvalue weighted by Gasteiger charge is 2.05. The van der Waals surface area contributed by atoms with E-state index in [0.29, 0.717) is 5.92 Å². The van der Waals surface area contributed by atoms with Gasteiger partial charge in [0.2, 0.25) is 0 Å². The second-order valence-electron chi connectivity index (χ2n) is 4.16. The fraction of sp³-hybridized carbons (Fsp3) is 0.750. The van der Waals surface area contributed by atoms with Crippen LogP contribution in [0.1, 0.15) is 25.6 Å². The van der Waals surface area contributed by atoms with E-state index in [2.05, 4.69) is 21.8 Å². The van der Waals surface area contributed by atoms with E-state index in [1.165, 1.54) is 6.42 Å². The number of hydrogen-bond acceptors (Lipinski definition) is 2. The predicted octanol–water partition coefficient (Wildman–Crippen LogP) is 2.21. The van der Waals surface area contributed by atoms with Crippen LogP contribution in [0.4, 0.5) is 0 Å². The number of aromatic nitrogens is 2. The third kappa shape index (κ3) is 4.54. The molecule has 0 bridgehead atoms. The molecule has 0 aliphatic rings. The van der Waals surface area contributed by atoms with Crippen LogP contribution in [-0.2, 0) is 13.5 Å². The molecule has 16 heavy (non-hydrogen) atoms. The summed E-state index contributed by atoms with van der Waals surface area (Å²) in [6, 6.07) is 0. The van der Waals surface area contributed by atoms with Gasteiger partial charge in [-0.2, -0.15) is 0 Å². The summed E-state index contributed by atoms with van der Waals surface area (Å²) in [5.41, 5.74) is 0. The zero-order valence-electron chi connectivity index (χ0n) is 10.2. The first-order chi connectivity index (χ1) is 7.77. The number of halogens is 1. The molecule has 0 spiro atoms. The standard InChI is InChI=1S/C12H22ClN3/c1-3-11(4-6-13)10-14-7-5-12-15-8-9-16(12)2/h8-9,11,14H,3-7,10H2,1-2H3. The molecule has 0 aromatic carbocycles. The third-order valence-electron chi connectivity index (χ3n) is 2.97. The third-order valence-corrected chi connectivity index (χ3v) is 3.19. The first kappa shape index (κ1) is 13.5. The van der Waals surface area contributed by atoms with Gasteiger partial charge < -0.3 is 9.88 Å². The molecular weight excluding hydrogens is 222 g/mol. The molecule has 1 N–H and O–H groups in total. The lowest BCUT2D eigenvalue weighted by atomic mass is 10.0. The average molecular weight is 244 g/mol. The van der Waals surface area contributed by atoms with Gasteiger partial charge in [0.05, 0.1) is 0 Å². The minimum atomic E-state index is 0.707. The Kier molecular flexibility index (Phi) is 6.50. The van der Waals surface area contributed by atoms with Crippen LogP contribution < -0.4 is 5.32 Å². The average Bonchev–Trinajstić information content (AvgIpc) is 2.69. The van der Waals surface area contributed by atoms with E-state index in [-0.39, 0.29) is 0 Å². The van der Waals surface area contributed by atoms with Gasteiger partial charge in [0.25, 0.3) is 0 Å². The molecule has 0 aliphatic carbocycles. The first-order valence-corrected chi connectivity index (χ1v) is 6.54. The first-order valence-electron chi connectivity index (χ1n) is 6.00. The maximum atomic E-state index is 5.75. The summed E-state index contributed by atoms with van der Waals surface area (Å²) in [6.07, 6.45) is 7.12. The molecule has 0 saturated carbocycles. The number of nitrogens with one attached hydrogen (secondary N) is 1. The highest BCUT2D eigenvalue weighted by Crippen LogP contribution is 2.07. The van der Waals surface area contributed by atoms with E-state index in [1.807, 2.05) is 19.4 Å². The Labute approximate surface area is 103 Å². The number of rotatable bonds is 8. The van der Waals surface area contributed by atoms with Gasteiger partial charge in [-0.1, -0.05) is 13.3 Å². The lowest BCUT2D eigenvalue weighted by Crippen LogP contribution is -2.25. The van der Waals surface area contributed by atoms with Gasteiger partial charge in [-0.15, -0.1) is 11.6 Å². The Morgan fingerprint density at radius 2 is 2.38 bits per heavy atom. The van der Waals surface area contributed by atoms with Gasteiger partial charge in [-0.05, 0) is 18.9 Å². The topological polar surface area (TPSA) is 29.9 Å². The molecule has 1 unspecified atom stereocenters. The lowest BCUT2D eigenvalue weighted by Gasteiger charge is -2.13. The second-order valence-corrected chi connectivity index (χ2v) is 4.54. The predicted molar refractivity (Wildman–Crippen MR) is 68.9 cm³/mol. The fourth-order valence-electron chi connectivity index (χ4n) is 1.75. The smallest absolute Gasteiger partial charge is 0.109 e. The van der Waals surface area contributed by atoms with Crippen molar-refractivity contribution in [3.63, 3.8) is 0 Å². The fourth-order valence-corrected chi connectivity index (χ4v) is 2.06. The van der Waals surface area contributed by atoms with Crippen LogP contribution in [0.25, 0.3) is 0 Å². The molecule has 1 atom stereocenters. The van der Waals surface area contributed by atoms with Crippen molar-refractivity contribution in [2.75, 3.05) is 19.0 Å². The van der Waals surface area contributed by atoms with E-state index < -0.39 is 0 Å². The van der Waals surface area contributed by atoms with Crippen LogP contribution in [-0.4, -0.2) is 28.5 Å². The molecule has 4 heteroatoms. The maximum absolute atomic E-state index is 5.75. The van der Waals surface area contributed by atoms with Crippen molar-refractivity contribution < 1.29 is 0 Å². The molecular formula is C12H22ClN3. The van der Waals surface area contributed by atoms with Crippen molar-refractivity contribution in [1.29, 1.82) is 0 Å². The van der Waals surface area contributed by atoms with Gasteiger partial charge in [0, 0.05) is 38.3 Å². The minimum Gasteiger partial charge on any atom is -0.338 e. The molecule has 1 rings (SSSR count). The molecule has 3 nitrogen and oxygen atoms in total. The highest BCUT2D eigenvalue weighted by atomic mass is 35.5.